The number of rotatable bonds is 29. The lowest BCUT2D eigenvalue weighted by Gasteiger charge is -2.23. The minimum Gasteiger partial charge on any atom is -0.462 e. The van der Waals surface area contributed by atoms with Gasteiger partial charge in [0.15, 0.2) is 0 Å². The van der Waals surface area contributed by atoms with Crippen molar-refractivity contribution >= 4 is 23.9 Å². The van der Waals surface area contributed by atoms with Gasteiger partial charge in [0.05, 0.1) is 48.7 Å². The molecule has 4 unspecified atom stereocenters. The van der Waals surface area contributed by atoms with Crippen molar-refractivity contribution in [3.63, 3.8) is 0 Å². The molecule has 0 aliphatic heterocycles. The van der Waals surface area contributed by atoms with E-state index in [1.165, 1.54) is 6.07 Å². The van der Waals surface area contributed by atoms with Crippen molar-refractivity contribution in [2.24, 2.45) is 23.7 Å². The van der Waals surface area contributed by atoms with Crippen LogP contribution in [0.3, 0.4) is 0 Å². The third-order valence-electron chi connectivity index (χ3n) is 11.2. The van der Waals surface area contributed by atoms with E-state index < -0.39 is 23.9 Å². The van der Waals surface area contributed by atoms with E-state index in [1.807, 2.05) is 18.2 Å². The average molecular weight is 779 g/mol. The second-order valence-corrected chi connectivity index (χ2v) is 15.5. The maximum Gasteiger partial charge on any atom is 0.339 e. The molecule has 8 nitrogen and oxygen atoms in total. The highest BCUT2D eigenvalue weighted by Gasteiger charge is 2.36. The molecule has 4 atom stereocenters. The molecule has 2 rings (SSSR count). The second kappa shape index (κ2) is 27.8. The second-order valence-electron chi connectivity index (χ2n) is 15.5. The number of benzene rings is 2. The molecule has 0 heterocycles. The maximum atomic E-state index is 14.7. The molecule has 0 aliphatic carbocycles. The molecule has 8 heteroatoms. The summed E-state index contributed by atoms with van der Waals surface area (Å²) in [6.07, 6.45) is 14.8. The molecule has 0 saturated heterocycles. The Morgan fingerprint density at radius 2 is 0.786 bits per heavy atom. The summed E-state index contributed by atoms with van der Waals surface area (Å²) in [5.74, 6) is -2.78. The van der Waals surface area contributed by atoms with Gasteiger partial charge in [-0.25, -0.2) is 19.2 Å². The van der Waals surface area contributed by atoms with Crippen LogP contribution in [0.2, 0.25) is 0 Å². The summed E-state index contributed by atoms with van der Waals surface area (Å²) in [5, 5.41) is 0. The van der Waals surface area contributed by atoms with Gasteiger partial charge in [0.1, 0.15) is 0 Å². The molecular formula is C48H74O8. The summed E-state index contributed by atoms with van der Waals surface area (Å²) >= 11 is 0. The summed E-state index contributed by atoms with van der Waals surface area (Å²) in [7, 11) is 0. The smallest absolute Gasteiger partial charge is 0.339 e. The van der Waals surface area contributed by atoms with Crippen molar-refractivity contribution in [2.45, 2.75) is 158 Å². The highest BCUT2D eigenvalue weighted by molar-refractivity contribution is 6.18. The Balaban J connectivity index is 2.94. The van der Waals surface area contributed by atoms with E-state index in [9.17, 15) is 19.2 Å². The Morgan fingerprint density at radius 3 is 1.14 bits per heavy atom. The Labute approximate surface area is 339 Å². The quantitative estimate of drug-likeness (QED) is 0.0594. The summed E-state index contributed by atoms with van der Waals surface area (Å²) in [5.41, 5.74) is 0.0202. The van der Waals surface area contributed by atoms with E-state index in [2.05, 4.69) is 55.4 Å². The molecule has 56 heavy (non-hydrogen) atoms. The topological polar surface area (TPSA) is 105 Å². The van der Waals surface area contributed by atoms with Gasteiger partial charge in [-0.05, 0) is 66.5 Å². The Morgan fingerprint density at radius 1 is 0.446 bits per heavy atom. The molecule has 0 saturated carbocycles. The highest BCUT2D eigenvalue weighted by Crippen LogP contribution is 2.35. The number of carbonyl (C=O) groups is 4. The molecule has 0 aliphatic rings. The fraction of sp³-hybridized carbons (Fsp3) is 0.667. The number of unbranched alkanes of at least 4 members (excludes halogenated alkanes) is 4. The van der Waals surface area contributed by atoms with Crippen LogP contribution in [0.1, 0.15) is 200 Å². The fourth-order valence-corrected chi connectivity index (χ4v) is 6.98. The van der Waals surface area contributed by atoms with Crippen molar-refractivity contribution < 1.29 is 38.1 Å². The lowest BCUT2D eigenvalue weighted by molar-refractivity contribution is 0.0347. The first-order valence-electron chi connectivity index (χ1n) is 22.1. The van der Waals surface area contributed by atoms with E-state index in [-0.39, 0.29) is 77.9 Å². The standard InChI is InChI=1S/C48H74O8/c1-9-17-24-35(13-5)31-53-45(49)41-30-40(39-28-22-21-23-29-39)42(46(50)54-32-36(14-6)25-18-10-2)44(48(52)56-34-38(16-8)27-20-12-4)43(41)47(51)55-33-37(15-7)26-19-11-3/h21-23,28-30,35-38H,9-20,24-27,31-34H2,1-8H3. The lowest BCUT2D eigenvalue weighted by Crippen LogP contribution is -2.27. The van der Waals surface area contributed by atoms with E-state index in [0.717, 1.165) is 103 Å². The minimum absolute atomic E-state index is 0.0910. The molecule has 0 radical (unpaired) electrons. The van der Waals surface area contributed by atoms with Gasteiger partial charge in [-0.3, -0.25) is 0 Å². The number of hydrogen-bond donors (Lipinski definition) is 0. The lowest BCUT2D eigenvalue weighted by atomic mass is 9.87. The molecule has 0 N–H and O–H groups in total. The molecule has 2 aromatic carbocycles. The first-order chi connectivity index (χ1) is 27.1. The van der Waals surface area contributed by atoms with Crippen molar-refractivity contribution in [3.8, 4) is 11.1 Å². The van der Waals surface area contributed by atoms with Crippen molar-refractivity contribution in [2.75, 3.05) is 26.4 Å². The van der Waals surface area contributed by atoms with Gasteiger partial charge in [0.25, 0.3) is 0 Å². The van der Waals surface area contributed by atoms with Gasteiger partial charge < -0.3 is 18.9 Å². The molecule has 314 valence electrons. The number of carbonyl (C=O) groups excluding carboxylic acids is 4. The van der Waals surface area contributed by atoms with Gasteiger partial charge >= 0.3 is 23.9 Å². The number of esters is 4. The molecule has 0 aromatic heterocycles. The van der Waals surface area contributed by atoms with Gasteiger partial charge in [-0.1, -0.05) is 163 Å². The van der Waals surface area contributed by atoms with Crippen LogP contribution in [0, 0.1) is 23.7 Å². The van der Waals surface area contributed by atoms with Crippen LogP contribution in [0.25, 0.3) is 11.1 Å². The summed E-state index contributed by atoms with van der Waals surface area (Å²) in [6, 6.07) is 10.6. The Bertz CT molecular complexity index is 1450. The van der Waals surface area contributed by atoms with Crippen LogP contribution < -0.4 is 0 Å². The van der Waals surface area contributed by atoms with E-state index in [0.29, 0.717) is 5.56 Å². The zero-order valence-electron chi connectivity index (χ0n) is 36.2. The van der Waals surface area contributed by atoms with Crippen molar-refractivity contribution in [1.29, 1.82) is 0 Å². The van der Waals surface area contributed by atoms with E-state index in [1.54, 1.807) is 12.1 Å². The zero-order valence-corrected chi connectivity index (χ0v) is 36.2. The number of hydrogen-bond acceptors (Lipinski definition) is 8. The zero-order chi connectivity index (χ0) is 41.3. The van der Waals surface area contributed by atoms with Crippen LogP contribution in [0.4, 0.5) is 0 Å². The maximum absolute atomic E-state index is 14.7. The van der Waals surface area contributed by atoms with Crippen molar-refractivity contribution in [1.82, 2.24) is 0 Å². The summed E-state index contributed by atoms with van der Waals surface area (Å²) < 4.78 is 24.0. The molecule has 0 spiro atoms. The van der Waals surface area contributed by atoms with Gasteiger partial charge in [-0.15, -0.1) is 0 Å². The Hall–Kier alpha value is -3.68. The van der Waals surface area contributed by atoms with E-state index in [4.69, 9.17) is 18.9 Å². The largest absolute Gasteiger partial charge is 0.462 e. The molecule has 0 fully saturated rings. The van der Waals surface area contributed by atoms with E-state index >= 15 is 0 Å². The van der Waals surface area contributed by atoms with Gasteiger partial charge in [0, 0.05) is 0 Å². The highest BCUT2D eigenvalue weighted by atomic mass is 16.5. The van der Waals surface area contributed by atoms with Crippen LogP contribution in [0.5, 0.6) is 0 Å². The van der Waals surface area contributed by atoms with Crippen LogP contribution >= 0.6 is 0 Å². The van der Waals surface area contributed by atoms with Crippen LogP contribution in [0.15, 0.2) is 36.4 Å². The monoisotopic (exact) mass is 779 g/mol. The summed E-state index contributed by atoms with van der Waals surface area (Å²) in [4.78, 5) is 58.0. The third kappa shape index (κ3) is 15.7. The fourth-order valence-electron chi connectivity index (χ4n) is 6.98. The third-order valence-corrected chi connectivity index (χ3v) is 11.2. The van der Waals surface area contributed by atoms with Crippen LogP contribution in [-0.2, 0) is 18.9 Å². The normalized spacial score (nSPS) is 13.4. The molecule has 0 bridgehead atoms. The first kappa shape index (κ1) is 48.5. The summed E-state index contributed by atoms with van der Waals surface area (Å²) in [6.45, 7) is 17.3. The molecule has 2 aromatic rings. The SMILES string of the molecule is CCCCC(CC)COC(=O)c1cc(-c2ccccc2)c(C(=O)OCC(CC)CCCC)c(C(=O)OCC(CC)CCCC)c1C(=O)OCC(CC)CCCC. The Kier molecular flexibility index (Phi) is 24.1. The minimum atomic E-state index is -0.865. The van der Waals surface area contributed by atoms with Crippen molar-refractivity contribution in [3.05, 3.63) is 58.7 Å². The predicted molar refractivity (Wildman–Crippen MR) is 226 cm³/mol. The molecular weight excluding hydrogens is 705 g/mol. The molecule has 0 amide bonds. The van der Waals surface area contributed by atoms with Crippen LogP contribution in [-0.4, -0.2) is 50.3 Å². The average Bonchev–Trinajstić information content (AvgIpc) is 3.22. The number of ether oxygens (including phenoxy) is 4. The van der Waals surface area contributed by atoms with Gasteiger partial charge in [-0.2, -0.15) is 0 Å². The predicted octanol–water partition coefficient (Wildman–Crippen LogP) is 12.8. The van der Waals surface area contributed by atoms with Gasteiger partial charge in [0.2, 0.25) is 0 Å². The first-order valence-corrected chi connectivity index (χ1v) is 22.1.